The minimum atomic E-state index is 0.881. The summed E-state index contributed by atoms with van der Waals surface area (Å²) < 4.78 is 0. The molecule has 19 heavy (non-hydrogen) atoms. The van der Waals surface area contributed by atoms with Crippen LogP contribution in [0.15, 0.2) is 6.07 Å². The van der Waals surface area contributed by atoms with Gasteiger partial charge in [0.1, 0.15) is 5.82 Å². The molecule has 1 aliphatic heterocycles. The number of hydrogen-bond acceptors (Lipinski definition) is 5. The molecular weight excluding hydrogens is 238 g/mol. The van der Waals surface area contributed by atoms with Crippen LogP contribution in [0.4, 0.5) is 11.8 Å². The number of likely N-dealkylation sites (N-methyl/N-ethyl adjacent to an activating group) is 1. The first-order valence-corrected chi connectivity index (χ1v) is 7.28. The Morgan fingerprint density at radius 2 is 1.89 bits per heavy atom. The zero-order valence-corrected chi connectivity index (χ0v) is 12.3. The second-order valence-corrected chi connectivity index (χ2v) is 5.12. The van der Waals surface area contributed by atoms with Gasteiger partial charge in [-0.3, -0.25) is 0 Å². The number of anilines is 2. The molecule has 0 radical (unpaired) electrons. The summed E-state index contributed by atoms with van der Waals surface area (Å²) in [5, 5.41) is 3.37. The number of aromatic nitrogens is 2. The van der Waals surface area contributed by atoms with E-state index >= 15 is 0 Å². The van der Waals surface area contributed by atoms with Crippen LogP contribution in [0.25, 0.3) is 0 Å². The van der Waals surface area contributed by atoms with Gasteiger partial charge >= 0.3 is 0 Å². The van der Waals surface area contributed by atoms with Gasteiger partial charge in [0.15, 0.2) is 0 Å². The number of piperazine rings is 1. The van der Waals surface area contributed by atoms with Crippen molar-refractivity contribution < 1.29 is 0 Å². The van der Waals surface area contributed by atoms with Crippen molar-refractivity contribution in [2.24, 2.45) is 0 Å². The molecule has 0 atom stereocenters. The zero-order valence-electron chi connectivity index (χ0n) is 12.3. The molecule has 0 unspecified atom stereocenters. The van der Waals surface area contributed by atoms with Gasteiger partial charge in [-0.25, -0.2) is 4.98 Å². The normalized spacial score (nSPS) is 16.7. The number of nitrogens with zero attached hydrogens (tertiary/aromatic N) is 4. The number of rotatable bonds is 5. The molecule has 106 valence electrons. The van der Waals surface area contributed by atoms with E-state index < -0.39 is 0 Å². The molecule has 0 aromatic carbocycles. The fourth-order valence-corrected chi connectivity index (χ4v) is 2.16. The van der Waals surface area contributed by atoms with Crippen LogP contribution in [-0.2, 0) is 6.42 Å². The Morgan fingerprint density at radius 1 is 1.16 bits per heavy atom. The summed E-state index contributed by atoms with van der Waals surface area (Å²) in [7, 11) is 2.16. The second-order valence-electron chi connectivity index (χ2n) is 5.12. The summed E-state index contributed by atoms with van der Waals surface area (Å²) in [5.41, 5.74) is 1.11. The first-order chi connectivity index (χ1) is 9.22. The van der Waals surface area contributed by atoms with Crippen LogP contribution in [0, 0.1) is 0 Å². The van der Waals surface area contributed by atoms with Gasteiger partial charge < -0.3 is 15.1 Å². The van der Waals surface area contributed by atoms with Crippen molar-refractivity contribution in [3.8, 4) is 0 Å². The summed E-state index contributed by atoms with van der Waals surface area (Å²) in [4.78, 5) is 13.9. The highest BCUT2D eigenvalue weighted by atomic mass is 15.3. The van der Waals surface area contributed by atoms with Crippen LogP contribution in [0.2, 0.25) is 0 Å². The van der Waals surface area contributed by atoms with E-state index in [2.05, 4.69) is 52.0 Å². The third-order valence-electron chi connectivity index (χ3n) is 3.47. The van der Waals surface area contributed by atoms with Gasteiger partial charge in [0.25, 0.3) is 0 Å². The SMILES string of the molecule is CCCNc1cc(CC)nc(N2CCN(C)CC2)n1. The van der Waals surface area contributed by atoms with Crippen LogP contribution in [-0.4, -0.2) is 54.6 Å². The van der Waals surface area contributed by atoms with Crippen LogP contribution in [0.1, 0.15) is 26.0 Å². The Morgan fingerprint density at radius 3 is 2.53 bits per heavy atom. The molecule has 2 heterocycles. The van der Waals surface area contributed by atoms with Gasteiger partial charge in [-0.05, 0) is 19.9 Å². The lowest BCUT2D eigenvalue weighted by atomic mass is 10.3. The van der Waals surface area contributed by atoms with E-state index in [0.29, 0.717) is 0 Å². The molecule has 1 fully saturated rings. The minimum absolute atomic E-state index is 0.881. The first-order valence-electron chi connectivity index (χ1n) is 7.28. The molecule has 0 spiro atoms. The van der Waals surface area contributed by atoms with Crippen molar-refractivity contribution in [3.05, 3.63) is 11.8 Å². The van der Waals surface area contributed by atoms with Crippen molar-refractivity contribution in [2.45, 2.75) is 26.7 Å². The van der Waals surface area contributed by atoms with Crippen molar-refractivity contribution in [1.82, 2.24) is 14.9 Å². The number of aryl methyl sites for hydroxylation is 1. The summed E-state index contributed by atoms with van der Waals surface area (Å²) in [6, 6.07) is 2.06. The Labute approximate surface area is 116 Å². The Hall–Kier alpha value is -1.36. The molecule has 2 rings (SSSR count). The molecule has 0 saturated carbocycles. The molecule has 0 bridgehead atoms. The monoisotopic (exact) mass is 263 g/mol. The molecule has 5 heteroatoms. The van der Waals surface area contributed by atoms with Crippen molar-refractivity contribution in [1.29, 1.82) is 0 Å². The highest BCUT2D eigenvalue weighted by Gasteiger charge is 2.17. The van der Waals surface area contributed by atoms with Crippen LogP contribution in [0.3, 0.4) is 0 Å². The van der Waals surface area contributed by atoms with Crippen molar-refractivity contribution in [2.75, 3.05) is 50.0 Å². The predicted octanol–water partition coefficient (Wildman–Crippen LogP) is 1.61. The van der Waals surface area contributed by atoms with Gasteiger partial charge in [-0.1, -0.05) is 13.8 Å². The molecule has 1 saturated heterocycles. The molecule has 0 aliphatic carbocycles. The largest absolute Gasteiger partial charge is 0.370 e. The lowest BCUT2D eigenvalue weighted by molar-refractivity contribution is 0.311. The molecule has 5 nitrogen and oxygen atoms in total. The lowest BCUT2D eigenvalue weighted by Crippen LogP contribution is -2.45. The maximum Gasteiger partial charge on any atom is 0.227 e. The standard InChI is InChI=1S/C14H25N5/c1-4-6-15-13-11-12(5-2)16-14(17-13)19-9-7-18(3)8-10-19/h11H,4-10H2,1-3H3,(H,15,16,17). The van der Waals surface area contributed by atoms with E-state index in [4.69, 9.17) is 0 Å². The quantitative estimate of drug-likeness (QED) is 0.874. The van der Waals surface area contributed by atoms with E-state index in [1.807, 2.05) is 0 Å². The van der Waals surface area contributed by atoms with Gasteiger partial charge in [0.2, 0.25) is 5.95 Å². The minimum Gasteiger partial charge on any atom is -0.370 e. The molecule has 0 amide bonds. The zero-order chi connectivity index (χ0) is 13.7. The number of hydrogen-bond donors (Lipinski definition) is 1. The second kappa shape index (κ2) is 6.70. The van der Waals surface area contributed by atoms with Crippen molar-refractivity contribution in [3.63, 3.8) is 0 Å². The summed E-state index contributed by atoms with van der Waals surface area (Å²) in [5.74, 6) is 1.84. The van der Waals surface area contributed by atoms with E-state index in [0.717, 1.165) is 63.0 Å². The maximum absolute atomic E-state index is 4.66. The molecule has 1 N–H and O–H groups in total. The molecule has 1 aromatic heterocycles. The topological polar surface area (TPSA) is 44.3 Å². The smallest absolute Gasteiger partial charge is 0.227 e. The van der Waals surface area contributed by atoms with Gasteiger partial charge in [0.05, 0.1) is 0 Å². The third kappa shape index (κ3) is 3.80. The third-order valence-corrected chi connectivity index (χ3v) is 3.47. The van der Waals surface area contributed by atoms with Crippen LogP contribution in [0.5, 0.6) is 0 Å². The molecule has 1 aromatic rings. The average molecular weight is 263 g/mol. The van der Waals surface area contributed by atoms with Crippen molar-refractivity contribution >= 4 is 11.8 Å². The summed E-state index contributed by atoms with van der Waals surface area (Å²) in [6.07, 6.45) is 2.05. The van der Waals surface area contributed by atoms with Crippen LogP contribution >= 0.6 is 0 Å². The fraction of sp³-hybridized carbons (Fsp3) is 0.714. The van der Waals surface area contributed by atoms with E-state index in [9.17, 15) is 0 Å². The van der Waals surface area contributed by atoms with Gasteiger partial charge in [0, 0.05) is 44.5 Å². The highest BCUT2D eigenvalue weighted by Crippen LogP contribution is 2.16. The predicted molar refractivity (Wildman–Crippen MR) is 79.9 cm³/mol. The molecule has 1 aliphatic rings. The summed E-state index contributed by atoms with van der Waals surface area (Å²) >= 11 is 0. The first kappa shape index (κ1) is 14.1. The average Bonchev–Trinajstić information content (AvgIpc) is 2.45. The highest BCUT2D eigenvalue weighted by molar-refractivity contribution is 5.44. The molecular formula is C14H25N5. The van der Waals surface area contributed by atoms with E-state index in [1.54, 1.807) is 0 Å². The van der Waals surface area contributed by atoms with Gasteiger partial charge in [-0.2, -0.15) is 4.98 Å². The van der Waals surface area contributed by atoms with Gasteiger partial charge in [-0.15, -0.1) is 0 Å². The maximum atomic E-state index is 4.66. The van der Waals surface area contributed by atoms with E-state index in [-0.39, 0.29) is 0 Å². The lowest BCUT2D eigenvalue weighted by Gasteiger charge is -2.32. The Bertz CT molecular complexity index is 399. The number of nitrogens with one attached hydrogen (secondary N) is 1. The fourth-order valence-electron chi connectivity index (χ4n) is 2.16. The Kier molecular flexibility index (Phi) is 4.96. The Balaban J connectivity index is 2.14. The van der Waals surface area contributed by atoms with Crippen LogP contribution < -0.4 is 10.2 Å². The van der Waals surface area contributed by atoms with E-state index in [1.165, 1.54) is 0 Å². The summed E-state index contributed by atoms with van der Waals surface area (Å²) in [6.45, 7) is 9.45.